The molecule has 0 aliphatic carbocycles. The van der Waals surface area contributed by atoms with Gasteiger partial charge in [0, 0.05) is 20.7 Å². The van der Waals surface area contributed by atoms with E-state index in [1.807, 2.05) is 0 Å². The zero-order valence-electron chi connectivity index (χ0n) is 15.2. The quantitative estimate of drug-likeness (QED) is 0.673. The first kappa shape index (κ1) is 21.0. The van der Waals surface area contributed by atoms with E-state index in [2.05, 4.69) is 5.32 Å². The maximum absolute atomic E-state index is 13.0. The predicted octanol–water partition coefficient (Wildman–Crippen LogP) is 2.55. The van der Waals surface area contributed by atoms with Gasteiger partial charge in [0.25, 0.3) is 15.9 Å². The van der Waals surface area contributed by atoms with Crippen molar-refractivity contribution in [2.75, 3.05) is 38.7 Å². The number of methoxy groups -OCH3 is 2. The number of halogens is 1. The highest BCUT2D eigenvalue weighted by Crippen LogP contribution is 2.31. The molecule has 7 nitrogen and oxygen atoms in total. The van der Waals surface area contributed by atoms with Gasteiger partial charge in [-0.2, -0.15) is 0 Å². The van der Waals surface area contributed by atoms with Crippen molar-refractivity contribution in [3.05, 3.63) is 53.1 Å². The Balaban J connectivity index is 2.38. The topological polar surface area (TPSA) is 84.9 Å². The van der Waals surface area contributed by atoms with E-state index in [0.29, 0.717) is 18.0 Å². The number of ether oxygens (including phenoxy) is 2. The van der Waals surface area contributed by atoms with E-state index in [1.54, 1.807) is 24.3 Å². The summed E-state index contributed by atoms with van der Waals surface area (Å²) in [6, 6.07) is 10.7. The van der Waals surface area contributed by atoms with Crippen LogP contribution < -0.4 is 14.4 Å². The lowest BCUT2D eigenvalue weighted by Gasteiger charge is -2.22. The van der Waals surface area contributed by atoms with Crippen LogP contribution in [0.1, 0.15) is 10.4 Å². The number of nitrogens with one attached hydrogen (secondary N) is 1. The van der Waals surface area contributed by atoms with Gasteiger partial charge in [-0.25, -0.2) is 8.42 Å². The Morgan fingerprint density at radius 2 is 1.89 bits per heavy atom. The van der Waals surface area contributed by atoms with Crippen LogP contribution in [-0.4, -0.2) is 48.7 Å². The summed E-state index contributed by atoms with van der Waals surface area (Å²) in [5, 5.41) is 2.78. The summed E-state index contributed by atoms with van der Waals surface area (Å²) >= 11 is 6.08. The highest BCUT2D eigenvalue weighted by atomic mass is 35.5. The van der Waals surface area contributed by atoms with Crippen molar-refractivity contribution in [2.24, 2.45) is 0 Å². The zero-order valence-corrected chi connectivity index (χ0v) is 16.8. The Labute approximate surface area is 163 Å². The van der Waals surface area contributed by atoms with Crippen LogP contribution in [-0.2, 0) is 14.8 Å². The Hall–Kier alpha value is -2.29. The summed E-state index contributed by atoms with van der Waals surface area (Å²) in [6.45, 7) is 0.613. The molecule has 0 saturated heterocycles. The van der Waals surface area contributed by atoms with E-state index in [1.165, 1.54) is 39.5 Å². The Morgan fingerprint density at radius 1 is 1.19 bits per heavy atom. The van der Waals surface area contributed by atoms with Crippen LogP contribution in [0, 0.1) is 0 Å². The second-order valence-electron chi connectivity index (χ2n) is 5.53. The normalized spacial score (nSPS) is 11.1. The van der Waals surface area contributed by atoms with Crippen molar-refractivity contribution >= 4 is 33.2 Å². The summed E-state index contributed by atoms with van der Waals surface area (Å²) < 4.78 is 37.3. The summed E-state index contributed by atoms with van der Waals surface area (Å²) in [6.07, 6.45) is 0. The predicted molar refractivity (Wildman–Crippen MR) is 104 cm³/mol. The second kappa shape index (κ2) is 9.07. The van der Waals surface area contributed by atoms with Gasteiger partial charge in [-0.05, 0) is 30.3 Å². The van der Waals surface area contributed by atoms with Gasteiger partial charge in [0.2, 0.25) is 0 Å². The van der Waals surface area contributed by atoms with Gasteiger partial charge in [-0.15, -0.1) is 0 Å². The molecule has 146 valence electrons. The fraction of sp³-hybridized carbons (Fsp3) is 0.278. The van der Waals surface area contributed by atoms with E-state index in [4.69, 9.17) is 21.1 Å². The average molecular weight is 413 g/mol. The maximum atomic E-state index is 13.0. The molecule has 0 fully saturated rings. The number of benzene rings is 2. The monoisotopic (exact) mass is 412 g/mol. The fourth-order valence-corrected chi connectivity index (χ4v) is 3.81. The van der Waals surface area contributed by atoms with Gasteiger partial charge in [0.1, 0.15) is 5.75 Å². The van der Waals surface area contributed by atoms with Crippen molar-refractivity contribution in [1.82, 2.24) is 5.32 Å². The van der Waals surface area contributed by atoms with Crippen molar-refractivity contribution in [3.63, 3.8) is 0 Å². The van der Waals surface area contributed by atoms with Crippen molar-refractivity contribution in [3.8, 4) is 5.75 Å². The van der Waals surface area contributed by atoms with Crippen LogP contribution in [0.25, 0.3) is 0 Å². The Bertz CT molecular complexity index is 918. The zero-order chi connectivity index (χ0) is 20.0. The second-order valence-corrected chi connectivity index (χ2v) is 7.91. The molecule has 2 rings (SSSR count). The molecular formula is C18H21ClN2O5S. The minimum atomic E-state index is -3.93. The molecule has 0 unspecified atom stereocenters. The van der Waals surface area contributed by atoms with Crippen LogP contribution in [0.15, 0.2) is 47.4 Å². The third-order valence-electron chi connectivity index (χ3n) is 3.86. The highest BCUT2D eigenvalue weighted by Gasteiger charge is 2.25. The number of sulfonamides is 1. The number of hydrogen-bond donors (Lipinski definition) is 1. The van der Waals surface area contributed by atoms with Crippen LogP contribution in [0.3, 0.4) is 0 Å². The minimum Gasteiger partial charge on any atom is -0.495 e. The SMILES string of the molecule is COCCNC(=O)c1cc(S(=O)(=O)N(C)c2ccccc2OC)ccc1Cl. The number of nitrogens with zero attached hydrogens (tertiary/aromatic N) is 1. The molecule has 0 spiro atoms. The molecule has 0 aliphatic heterocycles. The molecule has 1 amide bonds. The minimum absolute atomic E-state index is 0.0582. The van der Waals surface area contributed by atoms with Gasteiger partial charge < -0.3 is 14.8 Å². The molecule has 0 atom stereocenters. The average Bonchev–Trinajstić information content (AvgIpc) is 2.67. The third-order valence-corrected chi connectivity index (χ3v) is 5.95. The number of rotatable bonds is 8. The molecular weight excluding hydrogens is 392 g/mol. The molecule has 2 aromatic rings. The summed E-state index contributed by atoms with van der Waals surface area (Å²) in [5.74, 6) is -0.0656. The molecule has 2 aromatic carbocycles. The van der Waals surface area contributed by atoms with Gasteiger partial charge in [-0.1, -0.05) is 23.7 Å². The van der Waals surface area contributed by atoms with Crippen LogP contribution >= 0.6 is 11.6 Å². The van der Waals surface area contributed by atoms with E-state index in [9.17, 15) is 13.2 Å². The first-order valence-corrected chi connectivity index (χ1v) is 9.83. The number of anilines is 1. The van der Waals surface area contributed by atoms with Gasteiger partial charge in [0.15, 0.2) is 0 Å². The molecule has 0 radical (unpaired) electrons. The molecule has 27 heavy (non-hydrogen) atoms. The lowest BCUT2D eigenvalue weighted by molar-refractivity contribution is 0.0937. The van der Waals surface area contributed by atoms with Crippen molar-refractivity contribution < 1.29 is 22.7 Å². The summed E-state index contributed by atoms with van der Waals surface area (Å²) in [5.41, 5.74) is 0.448. The third kappa shape index (κ3) is 4.71. The molecule has 9 heteroatoms. The Kier molecular flexibility index (Phi) is 7.06. The van der Waals surface area contributed by atoms with Crippen LogP contribution in [0.5, 0.6) is 5.75 Å². The molecule has 0 aliphatic rings. The van der Waals surface area contributed by atoms with E-state index < -0.39 is 15.9 Å². The highest BCUT2D eigenvalue weighted by molar-refractivity contribution is 7.92. The molecule has 0 bridgehead atoms. The Morgan fingerprint density at radius 3 is 2.56 bits per heavy atom. The largest absolute Gasteiger partial charge is 0.495 e. The van der Waals surface area contributed by atoms with Crippen molar-refractivity contribution in [2.45, 2.75) is 4.90 Å². The molecule has 0 saturated carbocycles. The summed E-state index contributed by atoms with van der Waals surface area (Å²) in [4.78, 5) is 12.2. The van der Waals surface area contributed by atoms with Crippen LogP contribution in [0.4, 0.5) is 5.69 Å². The maximum Gasteiger partial charge on any atom is 0.264 e. The standard InChI is InChI=1S/C18H21ClN2O5S/c1-21(16-6-4-5-7-17(16)26-3)27(23,24)13-8-9-15(19)14(12-13)18(22)20-10-11-25-2/h4-9,12H,10-11H2,1-3H3,(H,20,22). The van der Waals surface area contributed by atoms with E-state index in [0.717, 1.165) is 4.31 Å². The lowest BCUT2D eigenvalue weighted by Crippen LogP contribution is -2.29. The lowest BCUT2D eigenvalue weighted by atomic mass is 10.2. The van der Waals surface area contributed by atoms with Gasteiger partial charge in [0.05, 0.1) is 34.9 Å². The number of para-hydroxylation sites is 2. The van der Waals surface area contributed by atoms with Crippen molar-refractivity contribution in [1.29, 1.82) is 0 Å². The number of carbonyl (C=O) groups excluding carboxylic acids is 1. The first-order chi connectivity index (χ1) is 12.8. The van der Waals surface area contributed by atoms with Gasteiger partial charge >= 0.3 is 0 Å². The molecule has 0 aromatic heterocycles. The smallest absolute Gasteiger partial charge is 0.264 e. The number of amides is 1. The summed E-state index contributed by atoms with van der Waals surface area (Å²) in [7, 11) is 0.460. The molecule has 1 N–H and O–H groups in total. The number of hydrogen-bond acceptors (Lipinski definition) is 5. The first-order valence-electron chi connectivity index (χ1n) is 8.01. The van der Waals surface area contributed by atoms with Crippen LogP contribution in [0.2, 0.25) is 5.02 Å². The van der Waals surface area contributed by atoms with Gasteiger partial charge in [-0.3, -0.25) is 9.10 Å². The van der Waals surface area contributed by atoms with E-state index in [-0.39, 0.29) is 22.0 Å². The number of carbonyl (C=O) groups is 1. The van der Waals surface area contributed by atoms with E-state index >= 15 is 0 Å². The fourth-order valence-electron chi connectivity index (χ4n) is 2.38. The molecule has 0 heterocycles.